The smallest absolute Gasteiger partial charge is 0.264 e. The van der Waals surface area contributed by atoms with Crippen molar-refractivity contribution >= 4 is 39.1 Å². The predicted octanol–water partition coefficient (Wildman–Crippen LogP) is 5.27. The molecule has 0 radical (unpaired) electrons. The summed E-state index contributed by atoms with van der Waals surface area (Å²) in [5, 5.41) is 3.46. The summed E-state index contributed by atoms with van der Waals surface area (Å²) >= 11 is 6.05. The SMILES string of the molecule is CCOc1ccc(N(CC(=O)N(Cc2ccc(Cl)cc2)[C@@H](C)C(=O)N[C@@H](C)CC)S(=O)(=O)c2ccccc2)cc1. The van der Waals surface area contributed by atoms with Crippen molar-refractivity contribution in [3.8, 4) is 5.75 Å². The fraction of sp³-hybridized carbons (Fsp3) is 0.333. The first-order valence-electron chi connectivity index (χ1n) is 13.2. The van der Waals surface area contributed by atoms with Gasteiger partial charge in [-0.3, -0.25) is 13.9 Å². The number of hydrogen-bond donors (Lipinski definition) is 1. The minimum Gasteiger partial charge on any atom is -0.494 e. The molecule has 0 saturated heterocycles. The van der Waals surface area contributed by atoms with Crippen LogP contribution in [-0.2, 0) is 26.2 Å². The van der Waals surface area contributed by atoms with Gasteiger partial charge in [-0.15, -0.1) is 0 Å². The number of rotatable bonds is 13. The van der Waals surface area contributed by atoms with Gasteiger partial charge in [-0.2, -0.15) is 0 Å². The number of nitrogens with one attached hydrogen (secondary N) is 1. The second-order valence-corrected chi connectivity index (χ2v) is 11.7. The predicted molar refractivity (Wildman–Crippen MR) is 158 cm³/mol. The van der Waals surface area contributed by atoms with E-state index in [0.29, 0.717) is 23.1 Å². The van der Waals surface area contributed by atoms with Crippen LogP contribution in [0.15, 0.2) is 83.8 Å². The van der Waals surface area contributed by atoms with Gasteiger partial charge in [0.25, 0.3) is 10.0 Å². The third-order valence-corrected chi connectivity index (χ3v) is 8.52. The number of anilines is 1. The molecule has 8 nitrogen and oxygen atoms in total. The average Bonchev–Trinajstić information content (AvgIpc) is 2.96. The fourth-order valence-corrected chi connectivity index (χ4v) is 5.52. The molecule has 0 saturated carbocycles. The van der Waals surface area contributed by atoms with Gasteiger partial charge >= 0.3 is 0 Å². The molecule has 0 unspecified atom stereocenters. The highest BCUT2D eigenvalue weighted by atomic mass is 35.5. The minimum atomic E-state index is -4.13. The largest absolute Gasteiger partial charge is 0.494 e. The van der Waals surface area contributed by atoms with E-state index in [4.69, 9.17) is 16.3 Å². The Morgan fingerprint density at radius 1 is 0.925 bits per heavy atom. The van der Waals surface area contributed by atoms with Gasteiger partial charge in [-0.25, -0.2) is 8.42 Å². The molecule has 0 heterocycles. The number of nitrogens with zero attached hydrogens (tertiary/aromatic N) is 2. The highest BCUT2D eigenvalue weighted by Gasteiger charge is 2.32. The van der Waals surface area contributed by atoms with E-state index in [-0.39, 0.29) is 23.4 Å². The number of carbonyl (C=O) groups is 2. The van der Waals surface area contributed by atoms with E-state index in [0.717, 1.165) is 16.3 Å². The molecule has 10 heteroatoms. The van der Waals surface area contributed by atoms with Crippen LogP contribution in [0.5, 0.6) is 5.75 Å². The van der Waals surface area contributed by atoms with Gasteiger partial charge in [-0.1, -0.05) is 48.9 Å². The summed E-state index contributed by atoms with van der Waals surface area (Å²) in [5.74, 6) is -0.278. The molecule has 40 heavy (non-hydrogen) atoms. The average molecular weight is 586 g/mol. The van der Waals surface area contributed by atoms with Crippen LogP contribution in [0.2, 0.25) is 5.02 Å². The Balaban J connectivity index is 2.01. The fourth-order valence-electron chi connectivity index (χ4n) is 3.96. The summed E-state index contributed by atoms with van der Waals surface area (Å²) in [5.41, 5.74) is 1.04. The van der Waals surface area contributed by atoms with Gasteiger partial charge in [0.1, 0.15) is 18.3 Å². The molecule has 0 aliphatic carbocycles. The molecule has 0 bridgehead atoms. The molecule has 3 aromatic carbocycles. The Labute approximate surface area is 241 Å². The van der Waals surface area contributed by atoms with Gasteiger partial charge in [0.2, 0.25) is 11.8 Å². The van der Waals surface area contributed by atoms with Gasteiger partial charge in [-0.05, 0) is 81.3 Å². The second kappa shape index (κ2) is 14.2. The van der Waals surface area contributed by atoms with E-state index >= 15 is 0 Å². The first-order chi connectivity index (χ1) is 19.1. The Hall–Kier alpha value is -3.56. The summed E-state index contributed by atoms with van der Waals surface area (Å²) < 4.78 is 34.2. The molecule has 0 fully saturated rings. The first kappa shape index (κ1) is 31.0. The summed E-state index contributed by atoms with van der Waals surface area (Å²) in [6.07, 6.45) is 0.727. The maximum atomic E-state index is 13.9. The van der Waals surface area contributed by atoms with Crippen molar-refractivity contribution in [2.24, 2.45) is 0 Å². The van der Waals surface area contributed by atoms with Crippen LogP contribution in [0.1, 0.15) is 39.7 Å². The van der Waals surface area contributed by atoms with Gasteiger partial charge in [0.15, 0.2) is 0 Å². The molecular weight excluding hydrogens is 550 g/mol. The van der Waals surface area contributed by atoms with Crippen LogP contribution in [0.3, 0.4) is 0 Å². The third kappa shape index (κ3) is 7.99. The molecule has 2 amide bonds. The molecule has 1 N–H and O–H groups in total. The van der Waals surface area contributed by atoms with Gasteiger partial charge < -0.3 is 15.0 Å². The standard InChI is InChI=1S/C30H36ClN3O5S/c1-5-22(3)32-30(36)23(4)33(20-24-12-14-25(31)15-13-24)29(35)21-34(26-16-18-27(19-17-26)39-6-2)40(37,38)28-10-8-7-9-11-28/h7-19,22-23H,5-6,20-21H2,1-4H3,(H,32,36)/t22-,23-/m0/s1. The third-order valence-electron chi connectivity index (χ3n) is 6.48. The van der Waals surface area contributed by atoms with E-state index < -0.39 is 28.5 Å². The maximum absolute atomic E-state index is 13.9. The van der Waals surface area contributed by atoms with Crippen LogP contribution >= 0.6 is 11.6 Å². The van der Waals surface area contributed by atoms with Crippen molar-refractivity contribution in [3.63, 3.8) is 0 Å². The van der Waals surface area contributed by atoms with Crippen molar-refractivity contribution in [2.75, 3.05) is 17.5 Å². The van der Waals surface area contributed by atoms with Crippen molar-refractivity contribution in [2.45, 2.75) is 57.6 Å². The van der Waals surface area contributed by atoms with Gasteiger partial charge in [0, 0.05) is 17.6 Å². The number of amides is 2. The lowest BCUT2D eigenvalue weighted by Crippen LogP contribution is -2.52. The quantitative estimate of drug-likeness (QED) is 0.295. The lowest BCUT2D eigenvalue weighted by atomic mass is 10.1. The molecular formula is C30H36ClN3O5S. The highest BCUT2D eigenvalue weighted by molar-refractivity contribution is 7.92. The number of halogens is 1. The monoisotopic (exact) mass is 585 g/mol. The van der Waals surface area contributed by atoms with Crippen LogP contribution in [0, 0.1) is 0 Å². The highest BCUT2D eigenvalue weighted by Crippen LogP contribution is 2.26. The first-order valence-corrected chi connectivity index (χ1v) is 15.0. The van der Waals surface area contributed by atoms with Crippen molar-refractivity contribution < 1.29 is 22.7 Å². The summed E-state index contributed by atoms with van der Waals surface area (Å²) in [4.78, 5) is 28.5. The molecule has 0 aliphatic heterocycles. The zero-order valence-electron chi connectivity index (χ0n) is 23.2. The molecule has 0 aromatic heterocycles. The molecule has 2 atom stereocenters. The van der Waals surface area contributed by atoms with Crippen LogP contribution in [0.25, 0.3) is 0 Å². The normalized spacial score (nSPS) is 12.7. The van der Waals surface area contributed by atoms with Crippen LogP contribution < -0.4 is 14.4 Å². The zero-order valence-corrected chi connectivity index (χ0v) is 24.8. The molecule has 3 rings (SSSR count). The summed E-state index contributed by atoms with van der Waals surface area (Å²) in [7, 11) is -4.13. The maximum Gasteiger partial charge on any atom is 0.264 e. The van der Waals surface area contributed by atoms with Crippen molar-refractivity contribution in [1.29, 1.82) is 0 Å². The van der Waals surface area contributed by atoms with Gasteiger partial charge in [0.05, 0.1) is 17.2 Å². The van der Waals surface area contributed by atoms with Crippen LogP contribution in [0.4, 0.5) is 5.69 Å². The van der Waals surface area contributed by atoms with E-state index in [1.54, 1.807) is 73.7 Å². The summed E-state index contributed by atoms with van der Waals surface area (Å²) in [6.45, 7) is 7.37. The number of ether oxygens (including phenoxy) is 1. The molecule has 0 aliphatic rings. The zero-order chi connectivity index (χ0) is 29.3. The number of sulfonamides is 1. The van der Waals surface area contributed by atoms with E-state index in [1.807, 2.05) is 20.8 Å². The number of carbonyl (C=O) groups excluding carboxylic acids is 2. The second-order valence-electron chi connectivity index (χ2n) is 9.39. The lowest BCUT2D eigenvalue weighted by molar-refractivity contribution is -0.139. The Morgan fingerprint density at radius 2 is 1.55 bits per heavy atom. The Morgan fingerprint density at radius 3 is 2.12 bits per heavy atom. The van der Waals surface area contributed by atoms with E-state index in [9.17, 15) is 18.0 Å². The van der Waals surface area contributed by atoms with Crippen molar-refractivity contribution in [1.82, 2.24) is 10.2 Å². The Kier molecular flexibility index (Phi) is 11.0. The van der Waals surface area contributed by atoms with Crippen LogP contribution in [-0.4, -0.2) is 50.4 Å². The number of benzene rings is 3. The van der Waals surface area contributed by atoms with E-state index in [1.165, 1.54) is 17.0 Å². The lowest BCUT2D eigenvalue weighted by Gasteiger charge is -2.32. The minimum absolute atomic E-state index is 0.0449. The topological polar surface area (TPSA) is 96.0 Å². The van der Waals surface area contributed by atoms with Crippen molar-refractivity contribution in [3.05, 3.63) is 89.4 Å². The Bertz CT molecular complexity index is 1370. The molecule has 0 spiro atoms. The summed E-state index contributed by atoms with van der Waals surface area (Å²) in [6, 6.07) is 20.4. The number of hydrogen-bond acceptors (Lipinski definition) is 5. The molecule has 3 aromatic rings. The van der Waals surface area contributed by atoms with E-state index in [2.05, 4.69) is 5.32 Å². The molecule has 214 valence electrons.